The van der Waals surface area contributed by atoms with E-state index in [4.69, 9.17) is 0 Å². The van der Waals surface area contributed by atoms with Crippen LogP contribution in [0.15, 0.2) is 24.3 Å². The van der Waals surface area contributed by atoms with E-state index in [0.717, 1.165) is 18.5 Å². The third-order valence-electron chi connectivity index (χ3n) is 3.48. The van der Waals surface area contributed by atoms with Gasteiger partial charge in [0, 0.05) is 25.1 Å². The maximum atomic E-state index is 12.1. The predicted molar refractivity (Wildman–Crippen MR) is 81.7 cm³/mol. The Morgan fingerprint density at radius 1 is 1.30 bits per heavy atom. The van der Waals surface area contributed by atoms with Gasteiger partial charge >= 0.3 is 0 Å². The molecule has 112 valence electrons. The fourth-order valence-corrected chi connectivity index (χ4v) is 2.07. The quantitative estimate of drug-likeness (QED) is 0.754. The molecule has 0 heterocycles. The van der Waals surface area contributed by atoms with Crippen molar-refractivity contribution in [1.29, 1.82) is 0 Å². The first-order chi connectivity index (χ1) is 9.43. The summed E-state index contributed by atoms with van der Waals surface area (Å²) in [6.07, 6.45) is 1.35. The van der Waals surface area contributed by atoms with Crippen LogP contribution in [0.5, 0.6) is 5.75 Å². The second-order valence-corrected chi connectivity index (χ2v) is 5.45. The molecule has 0 radical (unpaired) electrons. The Kier molecular flexibility index (Phi) is 6.52. The van der Waals surface area contributed by atoms with Gasteiger partial charge in [0.15, 0.2) is 0 Å². The van der Waals surface area contributed by atoms with Crippen LogP contribution in [0, 0.1) is 0 Å². The van der Waals surface area contributed by atoms with Gasteiger partial charge in [-0.2, -0.15) is 0 Å². The van der Waals surface area contributed by atoms with Crippen LogP contribution >= 0.6 is 0 Å². The number of phenolic OH excluding ortho intramolecular Hbond substituents is 1. The molecule has 0 aliphatic carbocycles. The van der Waals surface area contributed by atoms with Crippen LogP contribution in [0.3, 0.4) is 0 Å². The summed E-state index contributed by atoms with van der Waals surface area (Å²) in [4.78, 5) is 13.8. The van der Waals surface area contributed by atoms with E-state index in [9.17, 15) is 9.90 Å². The molecule has 0 saturated carbocycles. The third-order valence-corrected chi connectivity index (χ3v) is 3.48. The summed E-state index contributed by atoms with van der Waals surface area (Å²) in [5, 5.41) is 13.1. The summed E-state index contributed by atoms with van der Waals surface area (Å²) < 4.78 is 0. The van der Waals surface area contributed by atoms with Gasteiger partial charge in [0.2, 0.25) is 5.91 Å². The number of carbonyl (C=O) groups is 1. The van der Waals surface area contributed by atoms with E-state index in [1.807, 2.05) is 19.1 Å². The number of hydrogen-bond donors (Lipinski definition) is 2. The van der Waals surface area contributed by atoms with E-state index < -0.39 is 0 Å². The van der Waals surface area contributed by atoms with Crippen molar-refractivity contribution in [3.63, 3.8) is 0 Å². The standard InChI is InChI=1S/C16H26N2O2/c1-12(2)17-11-7-10-16(20)18(4)13(3)14-8-5-6-9-15(14)19/h5-6,8-9,12-13,17,19H,7,10-11H2,1-4H3. The molecule has 0 aliphatic rings. The second kappa shape index (κ2) is 7.90. The predicted octanol–water partition coefficient (Wildman–Crippen LogP) is 2.69. The molecule has 1 rings (SSSR count). The molecule has 0 spiro atoms. The number of para-hydroxylation sites is 1. The number of aromatic hydroxyl groups is 1. The summed E-state index contributed by atoms with van der Waals surface area (Å²) >= 11 is 0. The van der Waals surface area contributed by atoms with Crippen molar-refractivity contribution in [2.75, 3.05) is 13.6 Å². The Hall–Kier alpha value is -1.55. The van der Waals surface area contributed by atoms with E-state index in [2.05, 4.69) is 19.2 Å². The van der Waals surface area contributed by atoms with Crippen LogP contribution in [-0.4, -0.2) is 35.5 Å². The molecule has 0 fully saturated rings. The van der Waals surface area contributed by atoms with Gasteiger partial charge in [-0.15, -0.1) is 0 Å². The van der Waals surface area contributed by atoms with Gasteiger partial charge in [-0.05, 0) is 26.0 Å². The summed E-state index contributed by atoms with van der Waals surface area (Å²) in [7, 11) is 1.79. The minimum Gasteiger partial charge on any atom is -0.508 e. The summed E-state index contributed by atoms with van der Waals surface area (Å²) in [6, 6.07) is 7.48. The fraction of sp³-hybridized carbons (Fsp3) is 0.562. The largest absolute Gasteiger partial charge is 0.508 e. The number of benzene rings is 1. The molecule has 1 aromatic rings. The average molecular weight is 278 g/mol. The van der Waals surface area contributed by atoms with Crippen molar-refractivity contribution in [2.45, 2.75) is 45.7 Å². The zero-order chi connectivity index (χ0) is 15.1. The monoisotopic (exact) mass is 278 g/mol. The van der Waals surface area contributed by atoms with Crippen LogP contribution in [0.25, 0.3) is 0 Å². The molecule has 2 N–H and O–H groups in total. The molecule has 0 bridgehead atoms. The highest BCUT2D eigenvalue weighted by Gasteiger charge is 2.19. The molecule has 1 unspecified atom stereocenters. The van der Waals surface area contributed by atoms with E-state index in [-0.39, 0.29) is 17.7 Å². The highest BCUT2D eigenvalue weighted by molar-refractivity contribution is 5.76. The van der Waals surface area contributed by atoms with Gasteiger partial charge in [0.1, 0.15) is 5.75 Å². The van der Waals surface area contributed by atoms with Crippen LogP contribution in [0.1, 0.15) is 45.2 Å². The second-order valence-electron chi connectivity index (χ2n) is 5.45. The number of phenols is 1. The molecular formula is C16H26N2O2. The Balaban J connectivity index is 2.50. The summed E-state index contributed by atoms with van der Waals surface area (Å²) in [6.45, 7) is 6.96. The summed E-state index contributed by atoms with van der Waals surface area (Å²) in [5.74, 6) is 0.340. The van der Waals surface area contributed by atoms with Gasteiger partial charge in [-0.25, -0.2) is 0 Å². The van der Waals surface area contributed by atoms with Gasteiger partial charge in [-0.1, -0.05) is 32.0 Å². The molecule has 1 aromatic carbocycles. The SMILES string of the molecule is CC(C)NCCCC(=O)N(C)C(C)c1ccccc1O. The van der Waals surface area contributed by atoms with Crippen LogP contribution in [0.4, 0.5) is 0 Å². The van der Waals surface area contributed by atoms with Crippen molar-refractivity contribution < 1.29 is 9.90 Å². The zero-order valence-electron chi connectivity index (χ0n) is 12.9. The topological polar surface area (TPSA) is 52.6 Å². The molecule has 1 atom stereocenters. The van der Waals surface area contributed by atoms with Crippen molar-refractivity contribution in [3.05, 3.63) is 29.8 Å². The Morgan fingerprint density at radius 2 is 1.95 bits per heavy atom. The first kappa shape index (κ1) is 16.5. The van der Waals surface area contributed by atoms with Crippen molar-refractivity contribution in [3.8, 4) is 5.75 Å². The number of carbonyl (C=O) groups excluding carboxylic acids is 1. The maximum absolute atomic E-state index is 12.1. The first-order valence-corrected chi connectivity index (χ1v) is 7.20. The van der Waals surface area contributed by atoms with Crippen LogP contribution in [0.2, 0.25) is 0 Å². The normalized spacial score (nSPS) is 12.4. The lowest BCUT2D eigenvalue weighted by atomic mass is 10.1. The molecule has 20 heavy (non-hydrogen) atoms. The third kappa shape index (κ3) is 4.85. The molecular weight excluding hydrogens is 252 g/mol. The van der Waals surface area contributed by atoms with E-state index in [1.165, 1.54) is 0 Å². The van der Waals surface area contributed by atoms with E-state index in [1.54, 1.807) is 24.1 Å². The first-order valence-electron chi connectivity index (χ1n) is 7.20. The van der Waals surface area contributed by atoms with Crippen LogP contribution < -0.4 is 5.32 Å². The zero-order valence-corrected chi connectivity index (χ0v) is 12.9. The lowest BCUT2D eigenvalue weighted by Crippen LogP contribution is -2.31. The maximum Gasteiger partial charge on any atom is 0.222 e. The number of hydrogen-bond acceptors (Lipinski definition) is 3. The lowest BCUT2D eigenvalue weighted by Gasteiger charge is -2.26. The van der Waals surface area contributed by atoms with Crippen molar-refractivity contribution in [2.24, 2.45) is 0 Å². The average Bonchev–Trinajstić information content (AvgIpc) is 2.42. The van der Waals surface area contributed by atoms with Crippen molar-refractivity contribution in [1.82, 2.24) is 10.2 Å². The Bertz CT molecular complexity index is 432. The Labute approximate surface area is 121 Å². The number of nitrogens with zero attached hydrogens (tertiary/aromatic N) is 1. The molecule has 1 amide bonds. The summed E-state index contributed by atoms with van der Waals surface area (Å²) in [5.41, 5.74) is 0.781. The smallest absolute Gasteiger partial charge is 0.222 e. The molecule has 4 heteroatoms. The van der Waals surface area contributed by atoms with Crippen LogP contribution in [-0.2, 0) is 4.79 Å². The van der Waals surface area contributed by atoms with Crippen molar-refractivity contribution >= 4 is 5.91 Å². The number of rotatable bonds is 7. The van der Waals surface area contributed by atoms with Gasteiger partial charge in [-0.3, -0.25) is 4.79 Å². The van der Waals surface area contributed by atoms with E-state index >= 15 is 0 Å². The minimum atomic E-state index is -0.123. The van der Waals surface area contributed by atoms with Gasteiger partial charge < -0.3 is 15.3 Å². The van der Waals surface area contributed by atoms with Gasteiger partial charge in [0.25, 0.3) is 0 Å². The van der Waals surface area contributed by atoms with E-state index in [0.29, 0.717) is 12.5 Å². The lowest BCUT2D eigenvalue weighted by molar-refractivity contribution is -0.131. The highest BCUT2D eigenvalue weighted by Crippen LogP contribution is 2.27. The number of amides is 1. The molecule has 0 aromatic heterocycles. The number of nitrogens with one attached hydrogen (secondary N) is 1. The molecule has 0 aliphatic heterocycles. The van der Waals surface area contributed by atoms with Gasteiger partial charge in [0.05, 0.1) is 6.04 Å². The highest BCUT2D eigenvalue weighted by atomic mass is 16.3. The molecule has 0 saturated heterocycles. The Morgan fingerprint density at radius 3 is 2.55 bits per heavy atom. The minimum absolute atomic E-state index is 0.103. The fourth-order valence-electron chi connectivity index (χ4n) is 2.07. The molecule has 4 nitrogen and oxygen atoms in total.